The fourth-order valence-electron chi connectivity index (χ4n) is 1.92. The highest BCUT2D eigenvalue weighted by atomic mass is 16.5. The molecule has 2 rings (SSSR count). The van der Waals surface area contributed by atoms with Crippen molar-refractivity contribution >= 4 is 11.9 Å². The Morgan fingerprint density at radius 2 is 1.95 bits per heavy atom. The molecule has 0 amide bonds. The van der Waals surface area contributed by atoms with Crippen LogP contribution in [0.4, 0.5) is 0 Å². The predicted molar refractivity (Wildman–Crippen MR) is 79.2 cm³/mol. The van der Waals surface area contributed by atoms with Crippen molar-refractivity contribution in [3.05, 3.63) is 65.2 Å². The van der Waals surface area contributed by atoms with Crippen molar-refractivity contribution in [3.8, 4) is 11.5 Å². The Morgan fingerprint density at radius 3 is 2.60 bits per heavy atom. The van der Waals surface area contributed by atoms with Crippen LogP contribution in [0.3, 0.4) is 0 Å². The van der Waals surface area contributed by atoms with Crippen molar-refractivity contribution < 1.29 is 14.6 Å². The van der Waals surface area contributed by atoms with Crippen molar-refractivity contribution in [1.82, 2.24) is 0 Å². The minimum atomic E-state index is -0.0570. The number of aryl methyl sites for hydroxylation is 1. The number of hydrogen-bond acceptors (Lipinski definition) is 3. The Hall–Kier alpha value is -2.55. The number of phenols is 1. The molecule has 0 fully saturated rings. The Balaban J connectivity index is 2.19. The molecular weight excluding hydrogens is 252 g/mol. The average molecular weight is 268 g/mol. The fourth-order valence-corrected chi connectivity index (χ4v) is 1.92. The van der Waals surface area contributed by atoms with Gasteiger partial charge in [-0.2, -0.15) is 0 Å². The third-order valence-electron chi connectivity index (χ3n) is 3.04. The number of benzene rings is 2. The number of methoxy groups -OCH3 is 1. The molecule has 0 radical (unpaired) electrons. The molecule has 1 N–H and O–H groups in total. The number of carbonyl (C=O) groups is 1. The van der Waals surface area contributed by atoms with Crippen LogP contribution in [0.5, 0.6) is 11.5 Å². The van der Waals surface area contributed by atoms with Crippen LogP contribution in [0.2, 0.25) is 0 Å². The van der Waals surface area contributed by atoms with Crippen molar-refractivity contribution in [1.29, 1.82) is 0 Å². The summed E-state index contributed by atoms with van der Waals surface area (Å²) in [6, 6.07) is 12.4. The summed E-state index contributed by atoms with van der Waals surface area (Å²) >= 11 is 0. The summed E-state index contributed by atoms with van der Waals surface area (Å²) in [7, 11) is 1.49. The summed E-state index contributed by atoms with van der Waals surface area (Å²) in [6.07, 6.45) is 3.18. The van der Waals surface area contributed by atoms with E-state index in [1.165, 1.54) is 13.2 Å². The topological polar surface area (TPSA) is 46.5 Å². The summed E-state index contributed by atoms with van der Waals surface area (Å²) in [6.45, 7) is 1.90. The summed E-state index contributed by atoms with van der Waals surface area (Å²) < 4.78 is 4.97. The Labute approximate surface area is 118 Å². The van der Waals surface area contributed by atoms with Crippen molar-refractivity contribution in [2.75, 3.05) is 7.11 Å². The number of ether oxygens (including phenoxy) is 1. The zero-order valence-electron chi connectivity index (χ0n) is 11.5. The quantitative estimate of drug-likeness (QED) is 0.680. The van der Waals surface area contributed by atoms with Gasteiger partial charge in [0.25, 0.3) is 0 Å². The Kier molecular flexibility index (Phi) is 4.20. The van der Waals surface area contributed by atoms with Crippen LogP contribution in [-0.4, -0.2) is 18.0 Å². The zero-order chi connectivity index (χ0) is 14.5. The molecule has 2 aromatic carbocycles. The number of phenolic OH excluding ortho intramolecular Hbond substituents is 1. The van der Waals surface area contributed by atoms with Crippen molar-refractivity contribution in [2.45, 2.75) is 6.92 Å². The highest BCUT2D eigenvalue weighted by Crippen LogP contribution is 2.26. The number of allylic oxidation sites excluding steroid dienone is 1. The van der Waals surface area contributed by atoms with E-state index in [2.05, 4.69) is 0 Å². The van der Waals surface area contributed by atoms with Gasteiger partial charge in [0.15, 0.2) is 17.3 Å². The molecule has 102 valence electrons. The van der Waals surface area contributed by atoms with Crippen LogP contribution < -0.4 is 4.74 Å². The first-order valence-electron chi connectivity index (χ1n) is 6.27. The van der Waals surface area contributed by atoms with Crippen LogP contribution in [0.1, 0.15) is 21.5 Å². The third-order valence-corrected chi connectivity index (χ3v) is 3.04. The van der Waals surface area contributed by atoms with Crippen molar-refractivity contribution in [3.63, 3.8) is 0 Å². The Morgan fingerprint density at radius 1 is 1.20 bits per heavy atom. The van der Waals surface area contributed by atoms with E-state index in [0.29, 0.717) is 11.3 Å². The van der Waals surface area contributed by atoms with E-state index in [1.807, 2.05) is 25.1 Å². The molecule has 0 atom stereocenters. The van der Waals surface area contributed by atoms with Crippen LogP contribution in [0.25, 0.3) is 6.08 Å². The van der Waals surface area contributed by atoms with Gasteiger partial charge >= 0.3 is 0 Å². The molecular formula is C17H16O3. The first-order chi connectivity index (χ1) is 9.61. The van der Waals surface area contributed by atoms with Crippen molar-refractivity contribution in [2.24, 2.45) is 0 Å². The lowest BCUT2D eigenvalue weighted by Gasteiger charge is -2.03. The van der Waals surface area contributed by atoms with Crippen LogP contribution in [0.15, 0.2) is 48.5 Å². The zero-order valence-corrected chi connectivity index (χ0v) is 11.5. The predicted octanol–water partition coefficient (Wildman–Crippen LogP) is 3.61. The highest BCUT2D eigenvalue weighted by Gasteiger charge is 2.05. The molecule has 0 bridgehead atoms. The van der Waals surface area contributed by atoms with Gasteiger partial charge < -0.3 is 9.84 Å². The molecule has 0 heterocycles. The summed E-state index contributed by atoms with van der Waals surface area (Å²) in [5.74, 6) is 0.406. The van der Waals surface area contributed by atoms with Gasteiger partial charge in [0.2, 0.25) is 0 Å². The van der Waals surface area contributed by atoms with E-state index in [-0.39, 0.29) is 11.5 Å². The maximum atomic E-state index is 12.1. The summed E-state index contributed by atoms with van der Waals surface area (Å²) in [4.78, 5) is 12.1. The number of rotatable bonds is 4. The lowest BCUT2D eigenvalue weighted by molar-refractivity contribution is 0.104. The lowest BCUT2D eigenvalue weighted by atomic mass is 10.0. The molecule has 0 spiro atoms. The van der Waals surface area contributed by atoms with E-state index in [0.717, 1.165) is 11.1 Å². The largest absolute Gasteiger partial charge is 0.504 e. The number of aromatic hydroxyl groups is 1. The number of carbonyl (C=O) groups excluding carboxylic acids is 1. The first kappa shape index (κ1) is 13.9. The standard InChI is InChI=1S/C17H16O3/c1-12-5-3-4-6-14(12)15(18)9-7-13-8-10-17(20-2)16(19)11-13/h3-11,19H,1-2H3/b9-7+. The fraction of sp³-hybridized carbons (Fsp3) is 0.118. The van der Waals surface area contributed by atoms with Gasteiger partial charge in [-0.25, -0.2) is 0 Å². The average Bonchev–Trinajstić information content (AvgIpc) is 2.45. The normalized spacial score (nSPS) is 10.7. The van der Waals surface area contributed by atoms with Gasteiger partial charge in [0, 0.05) is 5.56 Å². The minimum Gasteiger partial charge on any atom is -0.504 e. The SMILES string of the molecule is COc1ccc(/C=C/C(=O)c2ccccc2C)cc1O. The molecule has 3 nitrogen and oxygen atoms in total. The van der Waals surface area contributed by atoms with Gasteiger partial charge in [0.05, 0.1) is 7.11 Å². The molecule has 2 aromatic rings. The molecule has 0 aliphatic rings. The van der Waals surface area contributed by atoms with Crippen LogP contribution in [-0.2, 0) is 0 Å². The van der Waals surface area contributed by atoms with E-state index < -0.39 is 0 Å². The van der Waals surface area contributed by atoms with Gasteiger partial charge in [-0.3, -0.25) is 4.79 Å². The van der Waals surface area contributed by atoms with E-state index in [1.54, 1.807) is 30.3 Å². The van der Waals surface area contributed by atoms with Gasteiger partial charge in [-0.15, -0.1) is 0 Å². The second-order valence-corrected chi connectivity index (χ2v) is 4.44. The maximum Gasteiger partial charge on any atom is 0.186 e. The maximum absolute atomic E-state index is 12.1. The number of hydrogen-bond donors (Lipinski definition) is 1. The third kappa shape index (κ3) is 3.06. The van der Waals surface area contributed by atoms with E-state index in [9.17, 15) is 9.90 Å². The molecule has 20 heavy (non-hydrogen) atoms. The van der Waals surface area contributed by atoms with E-state index in [4.69, 9.17) is 4.74 Å². The van der Waals surface area contributed by atoms with E-state index >= 15 is 0 Å². The Bertz CT molecular complexity index is 657. The molecule has 0 saturated heterocycles. The smallest absolute Gasteiger partial charge is 0.186 e. The van der Waals surface area contributed by atoms with Gasteiger partial charge in [0.1, 0.15) is 0 Å². The molecule has 0 aliphatic carbocycles. The van der Waals surface area contributed by atoms with Crippen LogP contribution in [0, 0.1) is 6.92 Å². The minimum absolute atomic E-state index is 0.0537. The number of ketones is 1. The first-order valence-corrected chi connectivity index (χ1v) is 6.27. The molecule has 0 aliphatic heterocycles. The highest BCUT2D eigenvalue weighted by molar-refractivity contribution is 6.07. The molecule has 0 aromatic heterocycles. The summed E-state index contributed by atoms with van der Waals surface area (Å²) in [5, 5.41) is 9.67. The molecule has 0 unspecified atom stereocenters. The van der Waals surface area contributed by atoms with Gasteiger partial charge in [-0.05, 0) is 36.3 Å². The van der Waals surface area contributed by atoms with Gasteiger partial charge in [-0.1, -0.05) is 36.4 Å². The van der Waals surface area contributed by atoms with Crippen LogP contribution >= 0.6 is 0 Å². The lowest BCUT2D eigenvalue weighted by Crippen LogP contribution is -1.96. The second kappa shape index (κ2) is 6.06. The second-order valence-electron chi connectivity index (χ2n) is 4.44. The monoisotopic (exact) mass is 268 g/mol. The summed E-state index contributed by atoms with van der Waals surface area (Å²) in [5.41, 5.74) is 2.37. The molecule has 3 heteroatoms. The molecule has 0 saturated carbocycles.